The zero-order chi connectivity index (χ0) is 25.7. The van der Waals surface area contributed by atoms with Crippen LogP contribution in [-0.2, 0) is 19.2 Å². The van der Waals surface area contributed by atoms with Crippen molar-refractivity contribution in [3.05, 3.63) is 29.3 Å². The highest BCUT2D eigenvalue weighted by Gasteiger charge is 2.79. The van der Waals surface area contributed by atoms with E-state index in [4.69, 9.17) is 0 Å². The highest BCUT2D eigenvalue weighted by Crippen LogP contribution is 2.69. The molecule has 7 nitrogen and oxygen atoms in total. The summed E-state index contributed by atoms with van der Waals surface area (Å²) in [4.78, 5) is 67.6. The fraction of sp³-hybridized carbons (Fsp3) is 0.593. The Hall–Kier alpha value is -2.67. The molecule has 7 heteroatoms. The van der Waals surface area contributed by atoms with Crippen molar-refractivity contribution in [3.8, 4) is 5.75 Å². The number of Topliss-reactive ketones (excluding diaryl/α,β-unsaturated/α-hetero) is 5. The van der Waals surface area contributed by atoms with Gasteiger partial charge in [0, 0.05) is 11.3 Å². The van der Waals surface area contributed by atoms with E-state index >= 15 is 0 Å². The minimum Gasteiger partial charge on any atom is -0.507 e. The molecule has 0 saturated heterocycles. The lowest BCUT2D eigenvalue weighted by atomic mass is 9.35. The maximum absolute atomic E-state index is 14.2. The SMILES string of the molecule is CC(=O)C1C(=O)C(C(C)C)[C@@]2(C)[C@H](C)[C@]3(C)C(C(=O)c4c(O)cccc4[C@H]3C)C(=O)[C@@]2(O)C1=O. The van der Waals surface area contributed by atoms with Crippen molar-refractivity contribution in [2.24, 2.45) is 40.4 Å². The van der Waals surface area contributed by atoms with E-state index in [-0.39, 0.29) is 17.2 Å². The van der Waals surface area contributed by atoms with Crippen LogP contribution in [0.2, 0.25) is 0 Å². The van der Waals surface area contributed by atoms with Crippen molar-refractivity contribution in [2.45, 2.75) is 60.0 Å². The molecule has 0 aliphatic heterocycles. The van der Waals surface area contributed by atoms with Crippen LogP contribution in [0.4, 0.5) is 0 Å². The average molecular weight is 469 g/mol. The number of aromatic hydroxyl groups is 1. The molecule has 3 unspecified atom stereocenters. The monoisotopic (exact) mass is 468 g/mol. The lowest BCUT2D eigenvalue weighted by molar-refractivity contribution is -0.222. The molecule has 8 atom stereocenters. The Bertz CT molecular complexity index is 1170. The Kier molecular flexibility index (Phi) is 5.16. The van der Waals surface area contributed by atoms with Crippen molar-refractivity contribution in [2.75, 3.05) is 0 Å². The molecule has 0 spiro atoms. The number of hydrogen-bond acceptors (Lipinski definition) is 7. The molecule has 0 heterocycles. The summed E-state index contributed by atoms with van der Waals surface area (Å²) in [5.41, 5.74) is -4.66. The molecule has 1 aromatic rings. The van der Waals surface area contributed by atoms with E-state index in [0.29, 0.717) is 5.56 Å². The summed E-state index contributed by atoms with van der Waals surface area (Å²) in [5, 5.41) is 22.6. The number of rotatable bonds is 2. The van der Waals surface area contributed by atoms with Crippen molar-refractivity contribution in [3.63, 3.8) is 0 Å². The highest BCUT2D eigenvalue weighted by molar-refractivity contribution is 6.32. The predicted molar refractivity (Wildman–Crippen MR) is 122 cm³/mol. The molecule has 2 saturated carbocycles. The number of ketones is 5. The summed E-state index contributed by atoms with van der Waals surface area (Å²) in [6.45, 7) is 11.7. The number of hydrogen-bond donors (Lipinski definition) is 2. The van der Waals surface area contributed by atoms with E-state index in [2.05, 4.69) is 0 Å². The Balaban J connectivity index is 2.08. The van der Waals surface area contributed by atoms with Crippen LogP contribution in [0, 0.1) is 40.4 Å². The third kappa shape index (κ3) is 2.43. The highest BCUT2D eigenvalue weighted by atomic mass is 16.3. The lowest BCUT2D eigenvalue weighted by Gasteiger charge is -2.66. The van der Waals surface area contributed by atoms with Crippen LogP contribution in [0.3, 0.4) is 0 Å². The summed E-state index contributed by atoms with van der Waals surface area (Å²) in [6, 6.07) is 4.74. The Labute approximate surface area is 198 Å². The Morgan fingerprint density at radius 3 is 2.15 bits per heavy atom. The number of phenols is 1. The Morgan fingerprint density at radius 2 is 1.62 bits per heavy atom. The van der Waals surface area contributed by atoms with Gasteiger partial charge in [-0.2, -0.15) is 0 Å². The number of aliphatic hydroxyl groups is 1. The quantitative estimate of drug-likeness (QED) is 0.639. The molecule has 0 bridgehead atoms. The zero-order valence-corrected chi connectivity index (χ0v) is 20.6. The fourth-order valence-electron chi connectivity index (χ4n) is 7.76. The van der Waals surface area contributed by atoms with Gasteiger partial charge in [0.1, 0.15) is 17.5 Å². The van der Waals surface area contributed by atoms with Gasteiger partial charge >= 0.3 is 0 Å². The van der Waals surface area contributed by atoms with Crippen LogP contribution in [0.25, 0.3) is 0 Å². The summed E-state index contributed by atoms with van der Waals surface area (Å²) < 4.78 is 0. The number of phenolic OH excluding ortho intramolecular Hbond substituents is 1. The number of fused-ring (bicyclic) bond motifs is 3. The van der Waals surface area contributed by atoms with Gasteiger partial charge < -0.3 is 10.2 Å². The fourth-order valence-corrected chi connectivity index (χ4v) is 7.76. The van der Waals surface area contributed by atoms with Crippen LogP contribution in [-0.4, -0.2) is 44.7 Å². The van der Waals surface area contributed by atoms with Crippen LogP contribution in [0.15, 0.2) is 18.2 Å². The maximum Gasteiger partial charge on any atom is 0.190 e. The largest absolute Gasteiger partial charge is 0.507 e. The van der Waals surface area contributed by atoms with E-state index in [9.17, 15) is 34.2 Å². The number of carbonyl (C=O) groups excluding carboxylic acids is 5. The van der Waals surface area contributed by atoms with Crippen LogP contribution < -0.4 is 0 Å². The summed E-state index contributed by atoms with van der Waals surface area (Å²) in [5.74, 6) is -9.84. The molecule has 4 rings (SSSR count). The summed E-state index contributed by atoms with van der Waals surface area (Å²) in [7, 11) is 0. The van der Waals surface area contributed by atoms with Gasteiger partial charge in [-0.15, -0.1) is 0 Å². The molecule has 0 amide bonds. The van der Waals surface area contributed by atoms with Crippen molar-refractivity contribution < 1.29 is 34.2 Å². The van der Waals surface area contributed by atoms with Gasteiger partial charge in [-0.3, -0.25) is 24.0 Å². The molecule has 34 heavy (non-hydrogen) atoms. The van der Waals surface area contributed by atoms with Gasteiger partial charge in [0.2, 0.25) is 0 Å². The second kappa shape index (κ2) is 7.17. The topological polar surface area (TPSA) is 126 Å². The molecule has 2 N–H and O–H groups in total. The smallest absolute Gasteiger partial charge is 0.190 e. The lowest BCUT2D eigenvalue weighted by Crippen LogP contribution is -2.79. The molecule has 3 aliphatic rings. The molecule has 0 radical (unpaired) electrons. The van der Waals surface area contributed by atoms with E-state index in [1.54, 1.807) is 46.8 Å². The maximum atomic E-state index is 14.2. The summed E-state index contributed by atoms with van der Waals surface area (Å²) in [6.07, 6.45) is 0. The standard InChI is InChI=1S/C27H32O7/c1-11(2)19-21(30)17(13(4)28)23(32)27(34)24(33)20-22(31)18-15(9-8-10-16(18)29)12(3)25(20,6)14(5)26(19,27)7/h8-12,14,17,19-20,29,34H,1-7H3/t12-,14-,17?,19?,20?,25-,26-,27+/m1/s1. The van der Waals surface area contributed by atoms with Crippen LogP contribution >= 0.6 is 0 Å². The van der Waals surface area contributed by atoms with Gasteiger partial charge in [-0.25, -0.2) is 0 Å². The van der Waals surface area contributed by atoms with Gasteiger partial charge in [-0.1, -0.05) is 53.7 Å². The first kappa shape index (κ1) is 24.5. The molecular formula is C27H32O7. The predicted octanol–water partition coefficient (Wildman–Crippen LogP) is 2.90. The van der Waals surface area contributed by atoms with Gasteiger partial charge in [0.15, 0.2) is 28.7 Å². The minimum absolute atomic E-state index is 0.0214. The first-order valence-corrected chi connectivity index (χ1v) is 11.8. The first-order valence-electron chi connectivity index (χ1n) is 11.8. The van der Waals surface area contributed by atoms with E-state index in [0.717, 1.165) is 6.92 Å². The molecule has 1 aromatic carbocycles. The number of benzene rings is 1. The van der Waals surface area contributed by atoms with Crippen molar-refractivity contribution in [1.29, 1.82) is 0 Å². The molecular weight excluding hydrogens is 436 g/mol. The van der Waals surface area contributed by atoms with Crippen molar-refractivity contribution in [1.82, 2.24) is 0 Å². The summed E-state index contributed by atoms with van der Waals surface area (Å²) >= 11 is 0. The third-order valence-corrected chi connectivity index (χ3v) is 9.76. The van der Waals surface area contributed by atoms with Gasteiger partial charge in [-0.05, 0) is 41.7 Å². The van der Waals surface area contributed by atoms with Crippen LogP contribution in [0.1, 0.15) is 70.3 Å². The third-order valence-electron chi connectivity index (χ3n) is 9.76. The number of carbonyl (C=O) groups is 5. The van der Waals surface area contributed by atoms with E-state index in [1.165, 1.54) is 6.07 Å². The molecule has 2 fully saturated rings. The second-order valence-electron chi connectivity index (χ2n) is 11.2. The van der Waals surface area contributed by atoms with E-state index < -0.39 is 74.9 Å². The minimum atomic E-state index is -2.69. The average Bonchev–Trinajstić information content (AvgIpc) is 2.73. The van der Waals surface area contributed by atoms with Gasteiger partial charge in [0.05, 0.1) is 11.5 Å². The molecule has 0 aromatic heterocycles. The molecule has 3 aliphatic carbocycles. The second-order valence-corrected chi connectivity index (χ2v) is 11.2. The van der Waals surface area contributed by atoms with Crippen molar-refractivity contribution >= 4 is 28.9 Å². The van der Waals surface area contributed by atoms with Gasteiger partial charge in [0.25, 0.3) is 0 Å². The normalized spacial score (nSPS) is 41.7. The van der Waals surface area contributed by atoms with E-state index in [1.807, 2.05) is 6.92 Å². The Morgan fingerprint density at radius 1 is 1.03 bits per heavy atom. The molecule has 182 valence electrons. The first-order chi connectivity index (χ1) is 15.6. The van der Waals surface area contributed by atoms with Crippen LogP contribution in [0.5, 0.6) is 5.75 Å². The zero-order valence-electron chi connectivity index (χ0n) is 20.6.